The van der Waals surface area contributed by atoms with Gasteiger partial charge in [0.25, 0.3) is 0 Å². The molecule has 0 atom stereocenters. The van der Waals surface area contributed by atoms with Crippen LogP contribution in [0, 0.1) is 0 Å². The predicted octanol–water partition coefficient (Wildman–Crippen LogP) is 4.01. The number of nitrogens with zero attached hydrogens (tertiary/aromatic N) is 4. The summed E-state index contributed by atoms with van der Waals surface area (Å²) < 4.78 is 6.02. The molecule has 0 spiro atoms. The summed E-state index contributed by atoms with van der Waals surface area (Å²) >= 11 is 0. The Bertz CT molecular complexity index is 1340. The summed E-state index contributed by atoms with van der Waals surface area (Å²) in [7, 11) is 0. The fourth-order valence-corrected chi connectivity index (χ4v) is 3.80. The first-order chi connectivity index (χ1) is 16.1. The van der Waals surface area contributed by atoms with E-state index in [2.05, 4.69) is 19.9 Å². The van der Waals surface area contributed by atoms with Gasteiger partial charge in [-0.1, -0.05) is 18.2 Å². The Balaban J connectivity index is 1.34. The quantitative estimate of drug-likeness (QED) is 0.472. The number of nitrogens with one attached hydrogen (secondary N) is 1. The maximum atomic E-state index is 12.8. The average Bonchev–Trinajstić information content (AvgIpc) is 3.29. The Morgan fingerprint density at radius 1 is 1.09 bits per heavy atom. The normalized spacial score (nSPS) is 13.6. The Hall–Kier alpha value is -4.33. The van der Waals surface area contributed by atoms with Crippen LogP contribution >= 0.6 is 0 Å². The number of imidazole rings is 1. The second kappa shape index (κ2) is 8.66. The lowest BCUT2D eigenvalue weighted by Crippen LogP contribution is -2.32. The number of amides is 1. The average molecular weight is 439 g/mol. The Kier molecular flexibility index (Phi) is 5.40. The van der Waals surface area contributed by atoms with E-state index in [-0.39, 0.29) is 11.7 Å². The van der Waals surface area contributed by atoms with Gasteiger partial charge in [0.15, 0.2) is 5.82 Å². The number of aromatic nitrogens is 4. The van der Waals surface area contributed by atoms with Crippen LogP contribution in [-0.2, 0) is 4.79 Å². The van der Waals surface area contributed by atoms with Gasteiger partial charge < -0.3 is 14.6 Å². The van der Waals surface area contributed by atoms with Crippen molar-refractivity contribution in [2.24, 2.45) is 0 Å². The third-order valence-electron chi connectivity index (χ3n) is 5.61. The highest BCUT2D eigenvalue weighted by Gasteiger charge is 2.19. The zero-order valence-corrected chi connectivity index (χ0v) is 18.0. The monoisotopic (exact) mass is 439 g/mol. The Labute approximate surface area is 190 Å². The van der Waals surface area contributed by atoms with Crippen LogP contribution in [0.2, 0.25) is 0 Å². The molecular formula is C25H21N5O3. The SMILES string of the molecule is CC(=O)N1CC=C(c2cncnc2Oc2ccc(C(=O)c3nc4ccccc4[nH]3)cc2)CC1. The van der Waals surface area contributed by atoms with Gasteiger partial charge in [-0.15, -0.1) is 0 Å². The van der Waals surface area contributed by atoms with E-state index in [0.717, 1.165) is 22.2 Å². The first kappa shape index (κ1) is 20.6. The minimum atomic E-state index is -0.192. The van der Waals surface area contributed by atoms with E-state index in [4.69, 9.17) is 4.74 Å². The third kappa shape index (κ3) is 4.23. The summed E-state index contributed by atoms with van der Waals surface area (Å²) in [6.45, 7) is 2.77. The summed E-state index contributed by atoms with van der Waals surface area (Å²) in [5, 5.41) is 0. The molecule has 5 rings (SSSR count). The number of ketones is 1. The molecule has 1 aliphatic rings. The number of rotatable bonds is 5. The molecule has 0 saturated carbocycles. The molecule has 4 aromatic rings. The number of para-hydroxylation sites is 2. The fourth-order valence-electron chi connectivity index (χ4n) is 3.80. The van der Waals surface area contributed by atoms with E-state index in [1.54, 1.807) is 42.3 Å². The number of carbonyl (C=O) groups is 2. The molecule has 8 heteroatoms. The van der Waals surface area contributed by atoms with Crippen molar-refractivity contribution in [1.29, 1.82) is 0 Å². The molecule has 0 saturated heterocycles. The van der Waals surface area contributed by atoms with Gasteiger partial charge >= 0.3 is 0 Å². The minimum Gasteiger partial charge on any atom is -0.438 e. The van der Waals surface area contributed by atoms with Crippen molar-refractivity contribution in [3.8, 4) is 11.6 Å². The number of fused-ring (bicyclic) bond motifs is 1. The second-order valence-electron chi connectivity index (χ2n) is 7.74. The van der Waals surface area contributed by atoms with Crippen LogP contribution < -0.4 is 4.74 Å². The standard InChI is InChI=1S/C25H21N5O3/c1-16(31)30-12-10-17(11-13-30)20-14-26-15-27-25(20)33-19-8-6-18(7-9-19)23(32)24-28-21-4-2-3-5-22(21)29-24/h2-10,14-15H,11-13H2,1H3,(H,28,29). The minimum absolute atomic E-state index is 0.0587. The summed E-state index contributed by atoms with van der Waals surface area (Å²) in [6, 6.07) is 14.4. The van der Waals surface area contributed by atoms with Gasteiger partial charge in [0.05, 0.1) is 16.6 Å². The third-order valence-corrected chi connectivity index (χ3v) is 5.61. The molecule has 0 bridgehead atoms. The van der Waals surface area contributed by atoms with Crippen molar-refractivity contribution >= 4 is 28.3 Å². The van der Waals surface area contributed by atoms with E-state index in [1.807, 2.05) is 30.3 Å². The maximum Gasteiger partial charge on any atom is 0.229 e. The smallest absolute Gasteiger partial charge is 0.229 e. The number of hydrogen-bond donors (Lipinski definition) is 1. The van der Waals surface area contributed by atoms with Crippen LogP contribution in [0.3, 0.4) is 0 Å². The van der Waals surface area contributed by atoms with Crippen molar-refractivity contribution in [2.75, 3.05) is 13.1 Å². The molecule has 0 aliphatic carbocycles. The van der Waals surface area contributed by atoms with E-state index in [1.165, 1.54) is 6.33 Å². The van der Waals surface area contributed by atoms with E-state index < -0.39 is 0 Å². The van der Waals surface area contributed by atoms with Crippen LogP contribution in [0.1, 0.15) is 35.1 Å². The molecule has 1 amide bonds. The van der Waals surface area contributed by atoms with Gasteiger partial charge in [0.2, 0.25) is 17.6 Å². The number of hydrogen-bond acceptors (Lipinski definition) is 6. The maximum absolute atomic E-state index is 12.8. The zero-order valence-electron chi connectivity index (χ0n) is 18.0. The highest BCUT2D eigenvalue weighted by molar-refractivity contribution is 6.08. The van der Waals surface area contributed by atoms with Crippen molar-refractivity contribution in [3.63, 3.8) is 0 Å². The van der Waals surface area contributed by atoms with Crippen molar-refractivity contribution in [1.82, 2.24) is 24.8 Å². The van der Waals surface area contributed by atoms with E-state index >= 15 is 0 Å². The van der Waals surface area contributed by atoms with Crippen LogP contribution in [0.25, 0.3) is 16.6 Å². The molecule has 1 aliphatic heterocycles. The summed E-state index contributed by atoms with van der Waals surface area (Å²) in [4.78, 5) is 42.1. The van der Waals surface area contributed by atoms with Crippen molar-refractivity contribution in [3.05, 3.63) is 84.1 Å². The van der Waals surface area contributed by atoms with Crippen molar-refractivity contribution in [2.45, 2.75) is 13.3 Å². The van der Waals surface area contributed by atoms with Gasteiger partial charge in [-0.3, -0.25) is 9.59 Å². The van der Waals surface area contributed by atoms with Gasteiger partial charge in [-0.25, -0.2) is 15.0 Å². The predicted molar refractivity (Wildman–Crippen MR) is 123 cm³/mol. The molecule has 164 valence electrons. The number of aromatic amines is 1. The zero-order chi connectivity index (χ0) is 22.8. The number of ether oxygens (including phenoxy) is 1. The fraction of sp³-hybridized carbons (Fsp3) is 0.160. The molecule has 0 fully saturated rings. The van der Waals surface area contributed by atoms with Crippen LogP contribution in [0.15, 0.2) is 67.1 Å². The molecule has 2 aromatic heterocycles. The number of benzene rings is 2. The molecule has 8 nitrogen and oxygen atoms in total. The van der Waals surface area contributed by atoms with E-state index in [0.29, 0.717) is 42.5 Å². The molecule has 33 heavy (non-hydrogen) atoms. The highest BCUT2D eigenvalue weighted by Crippen LogP contribution is 2.31. The van der Waals surface area contributed by atoms with Crippen LogP contribution in [0.5, 0.6) is 11.6 Å². The second-order valence-corrected chi connectivity index (χ2v) is 7.74. The first-order valence-electron chi connectivity index (χ1n) is 10.6. The summed E-state index contributed by atoms with van der Waals surface area (Å²) in [5.74, 6) is 1.15. The lowest BCUT2D eigenvalue weighted by atomic mass is 10.0. The van der Waals surface area contributed by atoms with Crippen LogP contribution in [-0.4, -0.2) is 49.6 Å². The van der Waals surface area contributed by atoms with Gasteiger partial charge in [-0.05, 0) is 48.4 Å². The highest BCUT2D eigenvalue weighted by atomic mass is 16.5. The number of H-pyrrole nitrogens is 1. The largest absolute Gasteiger partial charge is 0.438 e. The topological polar surface area (TPSA) is 101 Å². The molecule has 2 aromatic carbocycles. The van der Waals surface area contributed by atoms with Crippen LogP contribution in [0.4, 0.5) is 0 Å². The summed E-state index contributed by atoms with van der Waals surface area (Å²) in [6.07, 6.45) is 5.86. The summed E-state index contributed by atoms with van der Waals surface area (Å²) in [5.41, 5.74) is 3.91. The van der Waals surface area contributed by atoms with Crippen molar-refractivity contribution < 1.29 is 14.3 Å². The molecule has 0 unspecified atom stereocenters. The van der Waals surface area contributed by atoms with Gasteiger partial charge in [0.1, 0.15) is 12.1 Å². The van der Waals surface area contributed by atoms with Gasteiger partial charge in [0, 0.05) is 31.8 Å². The molecule has 0 radical (unpaired) electrons. The molecular weight excluding hydrogens is 418 g/mol. The Morgan fingerprint density at radius 2 is 1.91 bits per heavy atom. The molecule has 1 N–H and O–H groups in total. The number of carbonyl (C=O) groups excluding carboxylic acids is 2. The lowest BCUT2D eigenvalue weighted by molar-refractivity contribution is -0.128. The lowest BCUT2D eigenvalue weighted by Gasteiger charge is -2.25. The van der Waals surface area contributed by atoms with Gasteiger partial charge in [-0.2, -0.15) is 0 Å². The Morgan fingerprint density at radius 3 is 2.64 bits per heavy atom. The first-order valence-corrected chi connectivity index (χ1v) is 10.6. The molecule has 3 heterocycles. The van der Waals surface area contributed by atoms with E-state index in [9.17, 15) is 9.59 Å².